The van der Waals surface area contributed by atoms with Crippen molar-refractivity contribution < 1.29 is 23.3 Å². The second kappa shape index (κ2) is 18.5. The molecule has 0 saturated carbocycles. The fourth-order valence-electron chi connectivity index (χ4n) is 3.86. The van der Waals surface area contributed by atoms with E-state index in [9.17, 15) is 0 Å². The molecule has 4 rings (SSSR count). The molecule has 1 aliphatic carbocycles. The Morgan fingerprint density at radius 1 is 0.909 bits per heavy atom. The third kappa shape index (κ3) is 9.41. The van der Waals surface area contributed by atoms with Crippen molar-refractivity contribution in [2.24, 2.45) is 5.92 Å². The molecule has 0 nitrogen and oxygen atoms in total. The van der Waals surface area contributed by atoms with E-state index in [0.717, 1.165) is 6.42 Å². The van der Waals surface area contributed by atoms with Gasteiger partial charge in [-0.2, -0.15) is 11.1 Å². The van der Waals surface area contributed by atoms with E-state index in [4.69, 9.17) is 0 Å². The van der Waals surface area contributed by atoms with Crippen molar-refractivity contribution in [1.29, 1.82) is 0 Å². The van der Waals surface area contributed by atoms with E-state index in [1.165, 1.54) is 73.9 Å². The summed E-state index contributed by atoms with van der Waals surface area (Å²) in [6, 6.07) is 21.8. The summed E-state index contributed by atoms with van der Waals surface area (Å²) in [5.74, 6) is 0.560. The first-order valence-electron chi connectivity index (χ1n) is 10.3. The number of fused-ring (bicyclic) bond motifs is 1. The van der Waals surface area contributed by atoms with Crippen molar-refractivity contribution in [2.45, 2.75) is 47.5 Å². The summed E-state index contributed by atoms with van der Waals surface area (Å²) in [5, 5.41) is 2.74. The molecule has 0 heterocycles. The van der Waals surface area contributed by atoms with Gasteiger partial charge in [-0.15, -0.1) is 77.9 Å². The van der Waals surface area contributed by atoms with Crippen LogP contribution in [0.25, 0.3) is 21.9 Å². The maximum absolute atomic E-state index is 3.36. The minimum atomic E-state index is 0. The molecular weight excluding hydrogens is 539 g/mol. The van der Waals surface area contributed by atoms with Gasteiger partial charge in [0, 0.05) is 0 Å². The predicted molar refractivity (Wildman–Crippen MR) is 152 cm³/mol. The number of allylic oxidation sites excluding steroid dienone is 4. The van der Waals surface area contributed by atoms with Crippen molar-refractivity contribution >= 4 is 42.5 Å². The number of halogens is 2. The molecule has 3 aromatic carbocycles. The molecule has 0 spiro atoms. The molecule has 3 aromatic rings. The van der Waals surface area contributed by atoms with Crippen LogP contribution in [0.4, 0.5) is 0 Å². The molecule has 0 aliphatic heterocycles. The summed E-state index contributed by atoms with van der Waals surface area (Å²) in [4.78, 5) is 0. The van der Waals surface area contributed by atoms with Gasteiger partial charge < -0.3 is 14.9 Å². The van der Waals surface area contributed by atoms with Crippen molar-refractivity contribution in [3.8, 4) is 11.1 Å². The van der Waals surface area contributed by atoms with Gasteiger partial charge in [0.05, 0.1) is 0 Å². The number of hydrogen-bond donors (Lipinski definition) is 0. The molecule has 2 radical (unpaired) electrons. The topological polar surface area (TPSA) is 0 Å². The van der Waals surface area contributed by atoms with E-state index >= 15 is 0 Å². The summed E-state index contributed by atoms with van der Waals surface area (Å²) in [6.07, 6.45) is 5.70. The molecule has 4 heteroatoms. The van der Waals surface area contributed by atoms with Crippen molar-refractivity contribution in [2.75, 3.05) is 0 Å². The molecule has 1 aliphatic rings. The average molecular weight is 577 g/mol. The van der Waals surface area contributed by atoms with Gasteiger partial charge in [0.15, 0.2) is 0 Å². The van der Waals surface area contributed by atoms with Crippen LogP contribution in [-0.2, 0) is 29.8 Å². The standard InChI is InChI=1S/C18H17.C9H13.2CH3.2ClH.Si.Zr/c1-2-8-16-13-15-11-6-7-12-17(15)18(16)14-9-4-3-5-10-14;1-6-5-7(2)9(4)8(6)3;;;;;;/h3-7,9-13H,2,8H2,1H3;6H,1-4H3;2*1H3;2*1H;;/q4*-1;;;;. The first-order chi connectivity index (χ1) is 14.0. The monoisotopic (exact) mass is 574 g/mol. The SMILES string of the molecule is CC1=[C-]C(C)C(C)=C1C.CCCc1[cH-]c2ccccc2c1-c1ccccc1.Cl.Cl.[CH3-].[CH3-].[Si]=[Zr]. The Labute approximate surface area is 232 Å². The van der Waals surface area contributed by atoms with Gasteiger partial charge in [0.2, 0.25) is 0 Å². The van der Waals surface area contributed by atoms with Crippen LogP contribution in [0, 0.1) is 26.8 Å². The summed E-state index contributed by atoms with van der Waals surface area (Å²) in [7, 11) is 0. The van der Waals surface area contributed by atoms with Crippen molar-refractivity contribution in [3.63, 3.8) is 0 Å². The average Bonchev–Trinajstić information content (AvgIpc) is 3.23. The summed E-state index contributed by atoms with van der Waals surface area (Å²) < 4.78 is 0. The number of benzene rings is 2. The van der Waals surface area contributed by atoms with Gasteiger partial charge in [0.25, 0.3) is 0 Å². The molecule has 0 saturated heterocycles. The first kappa shape index (κ1) is 36.8. The van der Waals surface area contributed by atoms with Gasteiger partial charge in [0.1, 0.15) is 0 Å². The Balaban J connectivity index is -0.000000522. The van der Waals surface area contributed by atoms with Crippen molar-refractivity contribution in [1.82, 2.24) is 0 Å². The predicted octanol–water partition coefficient (Wildman–Crippen LogP) is 9.26. The Morgan fingerprint density at radius 3 is 1.91 bits per heavy atom. The number of aryl methyl sites for hydroxylation is 1. The Kier molecular flexibility index (Phi) is 20.6. The Morgan fingerprint density at radius 2 is 1.45 bits per heavy atom. The van der Waals surface area contributed by atoms with Crippen LogP contribution < -0.4 is 0 Å². The zero-order chi connectivity index (χ0) is 21.4. The fourth-order valence-corrected chi connectivity index (χ4v) is 3.86. The quantitative estimate of drug-likeness (QED) is 0.215. The second-order valence-electron chi connectivity index (χ2n) is 7.55. The molecule has 0 aromatic heterocycles. The molecular formula is C29H38Cl2SiZr-4. The Hall–Kier alpha value is -0.790. The molecule has 0 N–H and O–H groups in total. The van der Waals surface area contributed by atoms with Crippen LogP contribution in [0.2, 0.25) is 0 Å². The Bertz CT molecular complexity index is 1000. The van der Waals surface area contributed by atoms with E-state index < -0.39 is 0 Å². The zero-order valence-electron chi connectivity index (χ0n) is 21.1. The van der Waals surface area contributed by atoms with Gasteiger partial charge in [-0.1, -0.05) is 82.0 Å². The first-order valence-corrected chi connectivity index (χ1v) is 14.5. The third-order valence-corrected chi connectivity index (χ3v) is 5.70. The molecule has 0 fully saturated rings. The van der Waals surface area contributed by atoms with Gasteiger partial charge in [-0.3, -0.25) is 6.08 Å². The van der Waals surface area contributed by atoms with Crippen LogP contribution in [0.1, 0.15) is 46.6 Å². The van der Waals surface area contributed by atoms with E-state index in [-0.39, 0.29) is 39.7 Å². The van der Waals surface area contributed by atoms with Gasteiger partial charge >= 0.3 is 30.2 Å². The van der Waals surface area contributed by atoms with Crippen LogP contribution in [0.5, 0.6) is 0 Å². The molecule has 0 bridgehead atoms. The fraction of sp³-hybridized carbons (Fsp3) is 0.276. The van der Waals surface area contributed by atoms with Crippen LogP contribution >= 0.6 is 24.8 Å². The summed E-state index contributed by atoms with van der Waals surface area (Å²) in [5.41, 5.74) is 8.48. The summed E-state index contributed by atoms with van der Waals surface area (Å²) >= 11 is 1.36. The van der Waals surface area contributed by atoms with E-state index in [1.807, 2.05) is 0 Å². The van der Waals surface area contributed by atoms with Gasteiger partial charge in [-0.25, -0.2) is 5.57 Å². The number of rotatable bonds is 3. The van der Waals surface area contributed by atoms with Crippen LogP contribution in [0.3, 0.4) is 0 Å². The molecule has 180 valence electrons. The molecule has 1 unspecified atom stereocenters. The van der Waals surface area contributed by atoms with E-state index in [0.29, 0.717) is 5.92 Å². The maximum atomic E-state index is 3.36. The summed E-state index contributed by atoms with van der Waals surface area (Å²) in [6.45, 7) is 14.0. The van der Waals surface area contributed by atoms with E-state index in [1.54, 1.807) is 0 Å². The van der Waals surface area contributed by atoms with Crippen LogP contribution in [-0.4, -0.2) is 6.88 Å². The van der Waals surface area contributed by atoms with Crippen LogP contribution in [0.15, 0.2) is 77.4 Å². The number of hydrogen-bond acceptors (Lipinski definition) is 0. The molecule has 0 amide bonds. The van der Waals surface area contributed by atoms with E-state index in [2.05, 4.69) is 108 Å². The minimum absolute atomic E-state index is 0. The normalized spacial score (nSPS) is 13.5. The molecule has 33 heavy (non-hydrogen) atoms. The zero-order valence-corrected chi connectivity index (χ0v) is 26.2. The second-order valence-corrected chi connectivity index (χ2v) is 7.55. The third-order valence-electron chi connectivity index (χ3n) is 5.70. The van der Waals surface area contributed by atoms with Crippen molar-refractivity contribution in [3.05, 3.63) is 104 Å². The molecule has 1 atom stereocenters. The van der Waals surface area contributed by atoms with Gasteiger partial charge in [-0.05, 0) is 6.42 Å².